The average Bonchev–Trinajstić information content (AvgIpc) is 2.67. The van der Waals surface area contributed by atoms with Gasteiger partial charge in [-0.15, -0.1) is 0 Å². The van der Waals surface area contributed by atoms with Crippen LogP contribution in [0.1, 0.15) is 73.9 Å². The molecule has 0 spiro atoms. The molecule has 0 unspecified atom stereocenters. The molecule has 4 heteroatoms. The highest BCUT2D eigenvalue weighted by Gasteiger charge is 2.23. The molecule has 29 heavy (non-hydrogen) atoms. The minimum atomic E-state index is -0.527. The van der Waals surface area contributed by atoms with Crippen molar-refractivity contribution in [3.8, 4) is 11.5 Å². The molecule has 0 aliphatic heterocycles. The highest BCUT2D eigenvalue weighted by atomic mass is 16.5. The summed E-state index contributed by atoms with van der Waals surface area (Å²) in [6.07, 6.45) is 0.0752. The summed E-state index contributed by atoms with van der Waals surface area (Å²) >= 11 is 0. The van der Waals surface area contributed by atoms with Crippen LogP contribution in [0.2, 0.25) is 0 Å². The van der Waals surface area contributed by atoms with Crippen molar-refractivity contribution in [1.82, 2.24) is 5.32 Å². The van der Waals surface area contributed by atoms with E-state index in [1.807, 2.05) is 45.9 Å². The topological polar surface area (TPSA) is 47.6 Å². The molecule has 2 aromatic carbocycles. The SMILES string of the molecule is CC[C@H](Oc1cc(C)ccc1C)C(=O)N[C@@H](C)c1cc(C(C)C)c(OC)cc1C. The summed E-state index contributed by atoms with van der Waals surface area (Å²) in [5.41, 5.74) is 5.49. The molecule has 2 atom stereocenters. The number of hydrogen-bond acceptors (Lipinski definition) is 3. The summed E-state index contributed by atoms with van der Waals surface area (Å²) in [6.45, 7) is 14.3. The maximum absolute atomic E-state index is 13.0. The van der Waals surface area contributed by atoms with Gasteiger partial charge in [-0.05, 0) is 86.1 Å². The Labute approximate surface area is 175 Å². The Morgan fingerprint density at radius 1 is 0.966 bits per heavy atom. The zero-order chi connectivity index (χ0) is 21.7. The van der Waals surface area contributed by atoms with E-state index in [9.17, 15) is 4.79 Å². The minimum absolute atomic E-state index is 0.0952. The van der Waals surface area contributed by atoms with E-state index in [0.29, 0.717) is 12.3 Å². The normalized spacial score (nSPS) is 13.1. The van der Waals surface area contributed by atoms with E-state index in [1.54, 1.807) is 7.11 Å². The lowest BCUT2D eigenvalue weighted by molar-refractivity contribution is -0.128. The lowest BCUT2D eigenvalue weighted by Gasteiger charge is -2.24. The first-order chi connectivity index (χ1) is 13.7. The molecule has 1 N–H and O–H groups in total. The number of nitrogens with one attached hydrogen (secondary N) is 1. The molecule has 1 amide bonds. The first kappa shape index (κ1) is 22.8. The van der Waals surface area contributed by atoms with Gasteiger partial charge in [0.25, 0.3) is 5.91 Å². The number of rotatable bonds is 8. The van der Waals surface area contributed by atoms with Crippen molar-refractivity contribution in [2.75, 3.05) is 7.11 Å². The van der Waals surface area contributed by atoms with Crippen LogP contribution in [0.15, 0.2) is 30.3 Å². The molecular formula is C25H35NO3. The van der Waals surface area contributed by atoms with Gasteiger partial charge in [0.05, 0.1) is 13.2 Å². The number of ether oxygens (including phenoxy) is 2. The highest BCUT2D eigenvalue weighted by molar-refractivity contribution is 5.81. The van der Waals surface area contributed by atoms with Crippen molar-refractivity contribution in [2.45, 2.75) is 73.0 Å². The van der Waals surface area contributed by atoms with E-state index in [4.69, 9.17) is 9.47 Å². The van der Waals surface area contributed by atoms with Gasteiger partial charge in [-0.25, -0.2) is 0 Å². The third-order valence-electron chi connectivity index (χ3n) is 5.34. The van der Waals surface area contributed by atoms with Gasteiger partial charge in [0.1, 0.15) is 11.5 Å². The predicted octanol–water partition coefficient (Wildman–Crippen LogP) is 5.78. The summed E-state index contributed by atoms with van der Waals surface area (Å²) in [4.78, 5) is 13.0. The van der Waals surface area contributed by atoms with Crippen LogP contribution in [0, 0.1) is 20.8 Å². The first-order valence-corrected chi connectivity index (χ1v) is 10.4. The Bertz CT molecular complexity index is 857. The summed E-state index contributed by atoms with van der Waals surface area (Å²) in [6, 6.07) is 10.1. The van der Waals surface area contributed by atoms with E-state index in [2.05, 4.69) is 38.2 Å². The summed E-state index contributed by atoms with van der Waals surface area (Å²) in [5.74, 6) is 1.90. The molecule has 2 rings (SSSR count). The van der Waals surface area contributed by atoms with Gasteiger partial charge >= 0.3 is 0 Å². The van der Waals surface area contributed by atoms with Crippen molar-refractivity contribution < 1.29 is 14.3 Å². The second-order valence-electron chi connectivity index (χ2n) is 8.12. The van der Waals surface area contributed by atoms with Crippen LogP contribution in [-0.2, 0) is 4.79 Å². The molecule has 0 heterocycles. The summed E-state index contributed by atoms with van der Waals surface area (Å²) < 4.78 is 11.6. The molecule has 0 aliphatic carbocycles. The fourth-order valence-corrected chi connectivity index (χ4v) is 3.50. The van der Waals surface area contributed by atoms with Crippen molar-refractivity contribution in [1.29, 1.82) is 0 Å². The number of carbonyl (C=O) groups excluding carboxylic acids is 1. The zero-order valence-electron chi connectivity index (χ0n) is 19.1. The van der Waals surface area contributed by atoms with Crippen molar-refractivity contribution in [3.05, 3.63) is 58.1 Å². The number of amides is 1. The maximum Gasteiger partial charge on any atom is 0.261 e. The van der Waals surface area contributed by atoms with E-state index in [-0.39, 0.29) is 11.9 Å². The van der Waals surface area contributed by atoms with Gasteiger partial charge in [0.15, 0.2) is 6.10 Å². The number of hydrogen-bond donors (Lipinski definition) is 1. The van der Waals surface area contributed by atoms with Crippen LogP contribution in [0.4, 0.5) is 0 Å². The van der Waals surface area contributed by atoms with E-state index in [1.165, 1.54) is 0 Å². The fourth-order valence-electron chi connectivity index (χ4n) is 3.50. The Kier molecular flexibility index (Phi) is 7.72. The lowest BCUT2D eigenvalue weighted by Crippen LogP contribution is -2.39. The Morgan fingerprint density at radius 2 is 1.66 bits per heavy atom. The smallest absolute Gasteiger partial charge is 0.261 e. The fraction of sp³-hybridized carbons (Fsp3) is 0.480. The quantitative estimate of drug-likeness (QED) is 0.614. The van der Waals surface area contributed by atoms with Crippen LogP contribution in [0.3, 0.4) is 0 Å². The Hall–Kier alpha value is -2.49. The van der Waals surface area contributed by atoms with Crippen LogP contribution < -0.4 is 14.8 Å². The van der Waals surface area contributed by atoms with E-state index in [0.717, 1.165) is 39.3 Å². The average molecular weight is 398 g/mol. The Morgan fingerprint density at radius 3 is 2.24 bits per heavy atom. The zero-order valence-corrected chi connectivity index (χ0v) is 19.1. The number of benzene rings is 2. The van der Waals surface area contributed by atoms with E-state index >= 15 is 0 Å². The largest absolute Gasteiger partial charge is 0.496 e. The molecule has 2 aromatic rings. The molecule has 158 valence electrons. The molecule has 0 saturated heterocycles. The van der Waals surface area contributed by atoms with Crippen molar-refractivity contribution >= 4 is 5.91 Å². The molecule has 0 saturated carbocycles. The van der Waals surface area contributed by atoms with Crippen LogP contribution >= 0.6 is 0 Å². The second-order valence-corrected chi connectivity index (χ2v) is 8.12. The second kappa shape index (κ2) is 9.82. The minimum Gasteiger partial charge on any atom is -0.496 e. The molecule has 0 aromatic heterocycles. The van der Waals surface area contributed by atoms with Gasteiger partial charge in [-0.2, -0.15) is 0 Å². The van der Waals surface area contributed by atoms with Crippen molar-refractivity contribution in [2.24, 2.45) is 0 Å². The molecular weight excluding hydrogens is 362 g/mol. The number of carbonyl (C=O) groups is 1. The summed E-state index contributed by atoms with van der Waals surface area (Å²) in [5, 5.41) is 3.14. The Balaban J connectivity index is 2.20. The number of methoxy groups -OCH3 is 1. The van der Waals surface area contributed by atoms with Crippen LogP contribution in [0.25, 0.3) is 0 Å². The maximum atomic E-state index is 13.0. The lowest BCUT2D eigenvalue weighted by atomic mass is 9.93. The number of aryl methyl sites for hydroxylation is 3. The summed E-state index contributed by atoms with van der Waals surface area (Å²) in [7, 11) is 1.70. The van der Waals surface area contributed by atoms with Gasteiger partial charge in [0.2, 0.25) is 0 Å². The third-order valence-corrected chi connectivity index (χ3v) is 5.34. The predicted molar refractivity (Wildman–Crippen MR) is 119 cm³/mol. The molecule has 0 bridgehead atoms. The van der Waals surface area contributed by atoms with Crippen LogP contribution in [0.5, 0.6) is 11.5 Å². The van der Waals surface area contributed by atoms with Gasteiger partial charge in [-0.3, -0.25) is 4.79 Å². The molecule has 0 radical (unpaired) electrons. The van der Waals surface area contributed by atoms with Gasteiger partial charge in [0, 0.05) is 0 Å². The van der Waals surface area contributed by atoms with Gasteiger partial charge < -0.3 is 14.8 Å². The molecule has 0 aliphatic rings. The highest BCUT2D eigenvalue weighted by Crippen LogP contribution is 2.32. The van der Waals surface area contributed by atoms with Gasteiger partial charge in [-0.1, -0.05) is 32.9 Å². The monoisotopic (exact) mass is 397 g/mol. The standard InChI is InChI=1S/C25H35NO3/c1-9-22(29-23-12-16(4)10-11-17(23)5)25(27)26-19(7)21-14-20(15(2)3)24(28-8)13-18(21)6/h10-15,19,22H,9H2,1-8H3,(H,26,27)/t19-,22-/m0/s1. The van der Waals surface area contributed by atoms with Crippen LogP contribution in [-0.4, -0.2) is 19.1 Å². The first-order valence-electron chi connectivity index (χ1n) is 10.4. The van der Waals surface area contributed by atoms with Crippen molar-refractivity contribution in [3.63, 3.8) is 0 Å². The third kappa shape index (κ3) is 5.53. The van der Waals surface area contributed by atoms with E-state index < -0.39 is 6.10 Å². The molecule has 4 nitrogen and oxygen atoms in total. The molecule has 0 fully saturated rings.